The number of carboxylic acid groups (broad SMARTS) is 1. The summed E-state index contributed by atoms with van der Waals surface area (Å²) >= 11 is 5.91. The van der Waals surface area contributed by atoms with Crippen molar-refractivity contribution in [1.82, 2.24) is 10.2 Å². The van der Waals surface area contributed by atoms with Gasteiger partial charge in [0.05, 0.1) is 12.5 Å². The minimum Gasteiger partial charge on any atom is -0.481 e. The first-order valence-corrected chi connectivity index (χ1v) is 9.60. The number of rotatable bonds is 5. The first kappa shape index (κ1) is 19.5. The van der Waals surface area contributed by atoms with E-state index >= 15 is 0 Å². The molecule has 0 radical (unpaired) electrons. The number of anilines is 1. The van der Waals surface area contributed by atoms with Crippen LogP contribution in [0.1, 0.15) is 19.3 Å². The summed E-state index contributed by atoms with van der Waals surface area (Å²) in [5.74, 6) is -1.92. The van der Waals surface area contributed by atoms with Crippen LogP contribution in [-0.4, -0.2) is 60.5 Å². The molecule has 1 saturated heterocycles. The second-order valence-corrected chi connectivity index (χ2v) is 7.54. The molecule has 1 heterocycles. The van der Waals surface area contributed by atoms with Crippen LogP contribution in [0.2, 0.25) is 5.02 Å². The Kier molecular flexibility index (Phi) is 6.21. The lowest BCUT2D eigenvalue weighted by Gasteiger charge is -2.36. The largest absolute Gasteiger partial charge is 0.481 e. The molecule has 2 amide bonds. The van der Waals surface area contributed by atoms with Crippen molar-refractivity contribution < 1.29 is 19.5 Å². The highest BCUT2D eigenvalue weighted by molar-refractivity contribution is 6.30. The number of hydrogen-bond acceptors (Lipinski definition) is 4. The minimum atomic E-state index is -0.847. The van der Waals surface area contributed by atoms with Crippen molar-refractivity contribution in [3.05, 3.63) is 29.3 Å². The number of aliphatic carboxylic acids is 1. The van der Waals surface area contributed by atoms with Crippen LogP contribution in [0.5, 0.6) is 0 Å². The molecule has 3 rings (SSSR count). The Hall–Kier alpha value is -2.28. The topological polar surface area (TPSA) is 89.9 Å². The van der Waals surface area contributed by atoms with E-state index in [0.29, 0.717) is 37.4 Å². The molecule has 27 heavy (non-hydrogen) atoms. The number of nitrogens with zero attached hydrogens (tertiary/aromatic N) is 2. The zero-order chi connectivity index (χ0) is 19.4. The van der Waals surface area contributed by atoms with Gasteiger partial charge in [-0.05, 0) is 43.5 Å². The van der Waals surface area contributed by atoms with Crippen molar-refractivity contribution >= 4 is 35.1 Å². The Morgan fingerprint density at radius 2 is 1.67 bits per heavy atom. The van der Waals surface area contributed by atoms with Gasteiger partial charge in [0.1, 0.15) is 0 Å². The fraction of sp³-hybridized carbons (Fsp3) is 0.526. The second kappa shape index (κ2) is 8.61. The van der Waals surface area contributed by atoms with Crippen LogP contribution in [0.25, 0.3) is 0 Å². The molecule has 0 spiro atoms. The van der Waals surface area contributed by atoms with Crippen LogP contribution in [0.3, 0.4) is 0 Å². The molecule has 2 atom stereocenters. The van der Waals surface area contributed by atoms with E-state index in [0.717, 1.165) is 18.8 Å². The van der Waals surface area contributed by atoms with Gasteiger partial charge in [-0.15, -0.1) is 0 Å². The van der Waals surface area contributed by atoms with Gasteiger partial charge in [-0.1, -0.05) is 11.6 Å². The number of piperazine rings is 1. The average molecular weight is 394 g/mol. The number of amides is 2. The number of carbonyl (C=O) groups excluding carboxylic acids is 2. The normalized spacial score (nSPS) is 22.6. The van der Waals surface area contributed by atoms with Crippen LogP contribution < -0.4 is 10.2 Å². The summed E-state index contributed by atoms with van der Waals surface area (Å²) in [5, 5.41) is 12.4. The van der Waals surface area contributed by atoms with Gasteiger partial charge in [0.2, 0.25) is 11.8 Å². The third-order valence-corrected chi connectivity index (χ3v) is 5.64. The Morgan fingerprint density at radius 1 is 1.04 bits per heavy atom. The molecule has 8 heteroatoms. The van der Waals surface area contributed by atoms with E-state index < -0.39 is 11.9 Å². The summed E-state index contributed by atoms with van der Waals surface area (Å²) in [6.07, 6.45) is 1.44. The summed E-state index contributed by atoms with van der Waals surface area (Å²) in [6, 6.07) is 7.63. The molecular formula is C19H24ClN3O4. The second-order valence-electron chi connectivity index (χ2n) is 7.11. The van der Waals surface area contributed by atoms with Crippen molar-refractivity contribution in [2.24, 2.45) is 11.8 Å². The molecule has 0 bridgehead atoms. The maximum atomic E-state index is 12.4. The minimum absolute atomic E-state index is 0.0337. The first-order valence-electron chi connectivity index (χ1n) is 9.23. The molecule has 2 fully saturated rings. The molecule has 1 aliphatic heterocycles. The molecule has 2 N–H and O–H groups in total. The Labute approximate surface area is 163 Å². The number of carbonyl (C=O) groups is 3. The SMILES string of the molecule is O=C(O)[C@@H]1CC[C@H](C(=O)NCC(=O)N2CCN(c3ccc(Cl)cc3)CC2)C1. The number of nitrogens with one attached hydrogen (secondary N) is 1. The van der Waals surface area contributed by atoms with E-state index in [9.17, 15) is 14.4 Å². The van der Waals surface area contributed by atoms with E-state index in [2.05, 4.69) is 10.2 Å². The van der Waals surface area contributed by atoms with Crippen LogP contribution in [0, 0.1) is 11.8 Å². The van der Waals surface area contributed by atoms with E-state index in [1.165, 1.54) is 0 Å². The van der Waals surface area contributed by atoms with Gasteiger partial charge in [0.25, 0.3) is 0 Å². The molecule has 1 aromatic carbocycles. The quantitative estimate of drug-likeness (QED) is 0.793. The highest BCUT2D eigenvalue weighted by atomic mass is 35.5. The van der Waals surface area contributed by atoms with Crippen molar-refractivity contribution in [3.8, 4) is 0 Å². The lowest BCUT2D eigenvalue weighted by atomic mass is 10.0. The van der Waals surface area contributed by atoms with Gasteiger partial charge >= 0.3 is 5.97 Å². The summed E-state index contributed by atoms with van der Waals surface area (Å²) in [7, 11) is 0. The molecule has 1 aliphatic carbocycles. The molecule has 0 aromatic heterocycles. The maximum Gasteiger partial charge on any atom is 0.306 e. The van der Waals surface area contributed by atoms with Crippen molar-refractivity contribution in [2.75, 3.05) is 37.6 Å². The average Bonchev–Trinajstić information content (AvgIpc) is 3.17. The number of benzene rings is 1. The van der Waals surface area contributed by atoms with E-state index in [1.807, 2.05) is 24.3 Å². The van der Waals surface area contributed by atoms with Gasteiger partial charge in [-0.25, -0.2) is 0 Å². The number of halogens is 1. The zero-order valence-electron chi connectivity index (χ0n) is 15.1. The molecule has 0 unspecified atom stereocenters. The van der Waals surface area contributed by atoms with Crippen molar-refractivity contribution in [3.63, 3.8) is 0 Å². The first-order chi connectivity index (χ1) is 12.9. The van der Waals surface area contributed by atoms with Gasteiger partial charge in [0.15, 0.2) is 0 Å². The van der Waals surface area contributed by atoms with Gasteiger partial charge < -0.3 is 20.2 Å². The summed E-state index contributed by atoms with van der Waals surface area (Å²) in [4.78, 5) is 39.5. The molecule has 1 saturated carbocycles. The van der Waals surface area contributed by atoms with Crippen molar-refractivity contribution in [2.45, 2.75) is 19.3 Å². The monoisotopic (exact) mass is 393 g/mol. The van der Waals surface area contributed by atoms with Crippen LogP contribution in [0.15, 0.2) is 24.3 Å². The molecular weight excluding hydrogens is 370 g/mol. The highest BCUT2D eigenvalue weighted by Gasteiger charge is 2.34. The van der Waals surface area contributed by atoms with Crippen LogP contribution in [0.4, 0.5) is 5.69 Å². The van der Waals surface area contributed by atoms with E-state index in [-0.39, 0.29) is 24.3 Å². The smallest absolute Gasteiger partial charge is 0.306 e. The fourth-order valence-corrected chi connectivity index (χ4v) is 3.85. The molecule has 2 aliphatic rings. The lowest BCUT2D eigenvalue weighted by molar-refractivity contribution is -0.141. The fourth-order valence-electron chi connectivity index (χ4n) is 3.73. The Bertz CT molecular complexity index is 701. The standard InChI is InChI=1S/C19H24ClN3O4/c20-15-3-5-16(6-4-15)22-7-9-23(10-8-22)17(24)12-21-18(25)13-1-2-14(11-13)19(26)27/h3-6,13-14H,1-2,7-12H2,(H,21,25)(H,26,27)/t13-,14+/m0/s1. The van der Waals surface area contributed by atoms with E-state index in [4.69, 9.17) is 16.7 Å². The van der Waals surface area contributed by atoms with Crippen LogP contribution in [-0.2, 0) is 14.4 Å². The third kappa shape index (κ3) is 4.91. The third-order valence-electron chi connectivity index (χ3n) is 5.39. The molecule has 146 valence electrons. The molecule has 7 nitrogen and oxygen atoms in total. The Balaban J connectivity index is 1.41. The summed E-state index contributed by atoms with van der Waals surface area (Å²) in [6.45, 7) is 2.62. The van der Waals surface area contributed by atoms with Crippen molar-refractivity contribution in [1.29, 1.82) is 0 Å². The highest BCUT2D eigenvalue weighted by Crippen LogP contribution is 2.31. The van der Waals surface area contributed by atoms with Gasteiger partial charge in [0, 0.05) is 42.8 Å². The van der Waals surface area contributed by atoms with Gasteiger partial charge in [-0.3, -0.25) is 14.4 Å². The summed E-state index contributed by atoms with van der Waals surface area (Å²) in [5.41, 5.74) is 1.08. The number of hydrogen-bond donors (Lipinski definition) is 2. The van der Waals surface area contributed by atoms with Gasteiger partial charge in [-0.2, -0.15) is 0 Å². The lowest BCUT2D eigenvalue weighted by Crippen LogP contribution is -2.51. The predicted molar refractivity (Wildman–Crippen MR) is 102 cm³/mol. The number of carboxylic acids is 1. The Morgan fingerprint density at radius 3 is 2.26 bits per heavy atom. The zero-order valence-corrected chi connectivity index (χ0v) is 15.8. The predicted octanol–water partition coefficient (Wildman–Crippen LogP) is 1.61. The van der Waals surface area contributed by atoms with Crippen LogP contribution >= 0.6 is 11.6 Å². The maximum absolute atomic E-state index is 12.4. The van der Waals surface area contributed by atoms with E-state index in [1.54, 1.807) is 4.90 Å². The molecule has 1 aromatic rings. The summed E-state index contributed by atoms with van der Waals surface area (Å²) < 4.78 is 0.